The summed E-state index contributed by atoms with van der Waals surface area (Å²) in [6.07, 6.45) is 7.44. The van der Waals surface area contributed by atoms with Crippen LogP contribution < -0.4 is 10.1 Å². The Morgan fingerprint density at radius 1 is 1.44 bits per heavy atom. The number of anilines is 1. The highest BCUT2D eigenvalue weighted by atomic mass is 35.5. The van der Waals surface area contributed by atoms with Crippen LogP contribution in [0.1, 0.15) is 39.0 Å². The minimum atomic E-state index is 0.194. The second-order valence-electron chi connectivity index (χ2n) is 4.75. The molecule has 0 amide bonds. The van der Waals surface area contributed by atoms with Crippen LogP contribution in [0.15, 0.2) is 18.3 Å². The third-order valence-corrected chi connectivity index (χ3v) is 3.76. The van der Waals surface area contributed by atoms with Crippen molar-refractivity contribution in [2.24, 2.45) is 0 Å². The number of hydrogen-bond donors (Lipinski definition) is 1. The van der Waals surface area contributed by atoms with Crippen molar-refractivity contribution in [2.75, 3.05) is 11.9 Å². The molecule has 2 atom stereocenters. The van der Waals surface area contributed by atoms with Gasteiger partial charge in [-0.1, -0.05) is 19.8 Å². The number of alkyl halides is 1. The first-order valence-electron chi connectivity index (χ1n) is 6.79. The molecular weight excluding hydrogens is 248 g/mol. The van der Waals surface area contributed by atoms with Gasteiger partial charge in [-0.2, -0.15) is 0 Å². The molecular formula is C14H21ClN2O. The molecule has 2 unspecified atom stereocenters. The lowest BCUT2D eigenvalue weighted by Crippen LogP contribution is -2.33. The van der Waals surface area contributed by atoms with E-state index in [1.54, 1.807) is 6.20 Å². The molecule has 2 rings (SSSR count). The molecule has 0 saturated heterocycles. The lowest BCUT2D eigenvalue weighted by atomic mass is 9.95. The van der Waals surface area contributed by atoms with E-state index in [2.05, 4.69) is 17.2 Å². The number of aromatic nitrogens is 1. The van der Waals surface area contributed by atoms with Gasteiger partial charge in [0.1, 0.15) is 0 Å². The van der Waals surface area contributed by atoms with Gasteiger partial charge < -0.3 is 10.1 Å². The number of nitrogens with zero attached hydrogens (tertiary/aromatic N) is 1. The molecule has 0 spiro atoms. The molecule has 1 saturated carbocycles. The monoisotopic (exact) mass is 268 g/mol. The molecule has 0 radical (unpaired) electrons. The third kappa shape index (κ3) is 3.52. The van der Waals surface area contributed by atoms with Gasteiger partial charge >= 0.3 is 0 Å². The molecule has 100 valence electrons. The van der Waals surface area contributed by atoms with Gasteiger partial charge in [0.15, 0.2) is 11.6 Å². The summed E-state index contributed by atoms with van der Waals surface area (Å²) in [6, 6.07) is 4.16. The number of rotatable bonds is 5. The molecule has 1 aliphatic rings. The van der Waals surface area contributed by atoms with E-state index in [-0.39, 0.29) is 5.38 Å². The van der Waals surface area contributed by atoms with Gasteiger partial charge in [0, 0.05) is 12.2 Å². The Morgan fingerprint density at radius 3 is 3.06 bits per heavy atom. The van der Waals surface area contributed by atoms with E-state index in [9.17, 15) is 0 Å². The van der Waals surface area contributed by atoms with Gasteiger partial charge in [-0.15, -0.1) is 11.6 Å². The van der Waals surface area contributed by atoms with Gasteiger partial charge in [0.2, 0.25) is 0 Å². The van der Waals surface area contributed by atoms with Gasteiger partial charge in [-0.25, -0.2) is 4.98 Å². The molecule has 1 N–H and O–H groups in total. The Labute approximate surface area is 114 Å². The number of ether oxygens (including phenoxy) is 1. The highest BCUT2D eigenvalue weighted by Gasteiger charge is 2.24. The maximum absolute atomic E-state index is 6.36. The van der Waals surface area contributed by atoms with Crippen LogP contribution in [0.4, 0.5) is 5.82 Å². The normalized spacial score (nSPS) is 23.7. The van der Waals surface area contributed by atoms with Crippen molar-refractivity contribution < 1.29 is 4.74 Å². The van der Waals surface area contributed by atoms with Gasteiger partial charge in [0.25, 0.3) is 0 Å². The molecule has 0 aliphatic heterocycles. The maximum Gasteiger partial charge on any atom is 0.169 e. The predicted molar refractivity (Wildman–Crippen MR) is 75.5 cm³/mol. The molecule has 3 nitrogen and oxygen atoms in total. The van der Waals surface area contributed by atoms with Crippen molar-refractivity contribution >= 4 is 17.4 Å². The zero-order valence-corrected chi connectivity index (χ0v) is 11.6. The SMILES string of the molecule is CCCOc1cccnc1NC1CCCCC1Cl. The fourth-order valence-electron chi connectivity index (χ4n) is 2.25. The van der Waals surface area contributed by atoms with Crippen LogP contribution in [0.2, 0.25) is 0 Å². The van der Waals surface area contributed by atoms with Crippen molar-refractivity contribution in [1.82, 2.24) is 4.98 Å². The highest BCUT2D eigenvalue weighted by molar-refractivity contribution is 6.21. The van der Waals surface area contributed by atoms with Crippen molar-refractivity contribution in [3.05, 3.63) is 18.3 Å². The topological polar surface area (TPSA) is 34.1 Å². The maximum atomic E-state index is 6.36. The van der Waals surface area contributed by atoms with Crippen LogP contribution in [0, 0.1) is 0 Å². The second-order valence-corrected chi connectivity index (χ2v) is 5.31. The van der Waals surface area contributed by atoms with Crippen LogP contribution >= 0.6 is 11.6 Å². The Morgan fingerprint density at radius 2 is 2.28 bits per heavy atom. The zero-order valence-electron chi connectivity index (χ0n) is 10.9. The second kappa shape index (κ2) is 6.83. The Hall–Kier alpha value is -0.960. The Bertz CT molecular complexity index is 373. The molecule has 4 heteroatoms. The summed E-state index contributed by atoms with van der Waals surface area (Å²) in [5.41, 5.74) is 0. The van der Waals surface area contributed by atoms with Gasteiger partial charge in [-0.05, 0) is 31.4 Å². The lowest BCUT2D eigenvalue weighted by Gasteiger charge is -2.28. The average molecular weight is 269 g/mol. The lowest BCUT2D eigenvalue weighted by molar-refractivity contribution is 0.317. The largest absolute Gasteiger partial charge is 0.490 e. The first-order valence-corrected chi connectivity index (χ1v) is 7.23. The Balaban J connectivity index is 2.03. The quantitative estimate of drug-likeness (QED) is 0.824. The van der Waals surface area contributed by atoms with Crippen LogP contribution in [-0.2, 0) is 0 Å². The van der Waals surface area contributed by atoms with Gasteiger partial charge in [0.05, 0.1) is 12.0 Å². The van der Waals surface area contributed by atoms with E-state index in [1.165, 1.54) is 12.8 Å². The van der Waals surface area contributed by atoms with E-state index in [0.29, 0.717) is 6.04 Å². The fourth-order valence-corrected chi connectivity index (χ4v) is 2.59. The number of nitrogens with one attached hydrogen (secondary N) is 1. The Kier molecular flexibility index (Phi) is 5.12. The van der Waals surface area contributed by atoms with Crippen molar-refractivity contribution in [1.29, 1.82) is 0 Å². The smallest absolute Gasteiger partial charge is 0.169 e. The molecule has 1 fully saturated rings. The molecule has 0 aromatic carbocycles. The predicted octanol–water partition coefficient (Wildman–Crippen LogP) is 3.83. The fraction of sp³-hybridized carbons (Fsp3) is 0.643. The van der Waals surface area contributed by atoms with Crippen LogP contribution in [0.3, 0.4) is 0 Å². The molecule has 0 bridgehead atoms. The van der Waals surface area contributed by atoms with Gasteiger partial charge in [-0.3, -0.25) is 0 Å². The van der Waals surface area contributed by atoms with Crippen molar-refractivity contribution in [2.45, 2.75) is 50.4 Å². The summed E-state index contributed by atoms with van der Waals surface area (Å²) in [7, 11) is 0. The molecule has 1 aliphatic carbocycles. The summed E-state index contributed by atoms with van der Waals surface area (Å²) in [4.78, 5) is 4.37. The van der Waals surface area contributed by atoms with Crippen molar-refractivity contribution in [3.63, 3.8) is 0 Å². The van der Waals surface area contributed by atoms with Crippen LogP contribution in [-0.4, -0.2) is 23.0 Å². The summed E-state index contributed by atoms with van der Waals surface area (Å²) in [5, 5.41) is 3.63. The minimum Gasteiger partial charge on any atom is -0.490 e. The van der Waals surface area contributed by atoms with E-state index in [4.69, 9.17) is 16.3 Å². The summed E-state index contributed by atoms with van der Waals surface area (Å²) >= 11 is 6.36. The minimum absolute atomic E-state index is 0.194. The molecule has 18 heavy (non-hydrogen) atoms. The molecule has 1 heterocycles. The van der Waals surface area contributed by atoms with E-state index in [1.807, 2.05) is 12.1 Å². The first kappa shape index (κ1) is 13.5. The van der Waals surface area contributed by atoms with E-state index >= 15 is 0 Å². The van der Waals surface area contributed by atoms with Crippen LogP contribution in [0.5, 0.6) is 5.75 Å². The summed E-state index contributed by atoms with van der Waals surface area (Å²) < 4.78 is 5.69. The van der Waals surface area contributed by atoms with Crippen LogP contribution in [0.25, 0.3) is 0 Å². The number of pyridine rings is 1. The first-order chi connectivity index (χ1) is 8.81. The van der Waals surface area contributed by atoms with Crippen molar-refractivity contribution in [3.8, 4) is 5.75 Å². The van der Waals surface area contributed by atoms with E-state index in [0.717, 1.165) is 37.4 Å². The van der Waals surface area contributed by atoms with E-state index < -0.39 is 0 Å². The standard InChI is InChI=1S/C14H21ClN2O/c1-2-10-18-13-8-5-9-16-14(13)17-12-7-4-3-6-11(12)15/h5,8-9,11-12H,2-4,6-7,10H2,1H3,(H,16,17). The average Bonchev–Trinajstić information content (AvgIpc) is 2.40. The molecule has 1 aromatic heterocycles. The number of hydrogen-bond acceptors (Lipinski definition) is 3. The summed E-state index contributed by atoms with van der Waals surface area (Å²) in [6.45, 7) is 2.81. The molecule has 1 aromatic rings. The third-order valence-electron chi connectivity index (χ3n) is 3.24. The zero-order chi connectivity index (χ0) is 12.8. The summed E-state index contributed by atoms with van der Waals surface area (Å²) in [5.74, 6) is 1.65. The number of halogens is 1. The highest BCUT2D eigenvalue weighted by Crippen LogP contribution is 2.29.